The molecule has 2 aliphatic rings. The molecule has 0 aromatic heterocycles. The van der Waals surface area contributed by atoms with Gasteiger partial charge in [0.2, 0.25) is 0 Å². The summed E-state index contributed by atoms with van der Waals surface area (Å²) in [7, 11) is 0. The van der Waals surface area contributed by atoms with Gasteiger partial charge in [-0.15, -0.1) is 0 Å². The molecular formula is C19H16ClFN2O. The Labute approximate surface area is 144 Å². The highest BCUT2D eigenvalue weighted by molar-refractivity contribution is 6.30. The van der Waals surface area contributed by atoms with Crippen LogP contribution in [0.15, 0.2) is 53.0 Å². The van der Waals surface area contributed by atoms with Crippen molar-refractivity contribution in [1.82, 2.24) is 4.90 Å². The number of aliphatic imine (C=N–C) groups is 1. The molecule has 2 aliphatic heterocycles. The number of fused-ring (bicyclic) bond motifs is 2. The molecule has 0 bridgehead atoms. The Morgan fingerprint density at radius 2 is 2.04 bits per heavy atom. The van der Waals surface area contributed by atoms with Gasteiger partial charge in [0.15, 0.2) is 0 Å². The number of aliphatic hydroxyl groups is 1. The first-order valence-corrected chi connectivity index (χ1v) is 8.23. The number of benzene rings is 2. The van der Waals surface area contributed by atoms with E-state index in [1.54, 1.807) is 12.1 Å². The van der Waals surface area contributed by atoms with Crippen LogP contribution in [0, 0.1) is 5.82 Å². The smallest absolute Gasteiger partial charge is 0.133 e. The first-order chi connectivity index (χ1) is 11.6. The molecule has 4 rings (SSSR count). The van der Waals surface area contributed by atoms with Crippen LogP contribution in [0.2, 0.25) is 5.02 Å². The maximum Gasteiger partial charge on any atom is 0.133 e. The second kappa shape index (κ2) is 6.04. The van der Waals surface area contributed by atoms with Crippen molar-refractivity contribution in [2.75, 3.05) is 6.61 Å². The predicted molar refractivity (Wildman–Crippen MR) is 94.0 cm³/mol. The monoisotopic (exact) mass is 342 g/mol. The SMILES string of the molecule is OC[C@H]1C/C(=C/c2ccc(F)cc2)C2=Nc3ccc(Cl)cc3CN21. The average Bonchev–Trinajstić information content (AvgIpc) is 2.92. The Kier molecular flexibility index (Phi) is 3.87. The van der Waals surface area contributed by atoms with E-state index in [0.29, 0.717) is 18.0 Å². The van der Waals surface area contributed by atoms with Crippen LogP contribution in [0.25, 0.3) is 6.08 Å². The van der Waals surface area contributed by atoms with Crippen molar-refractivity contribution < 1.29 is 9.50 Å². The highest BCUT2D eigenvalue weighted by Gasteiger charge is 2.35. The molecule has 2 aromatic rings. The third-order valence-corrected chi connectivity index (χ3v) is 4.72. The van der Waals surface area contributed by atoms with Crippen molar-refractivity contribution in [1.29, 1.82) is 0 Å². The fourth-order valence-electron chi connectivity index (χ4n) is 3.29. The highest BCUT2D eigenvalue weighted by atomic mass is 35.5. The second-order valence-electron chi connectivity index (χ2n) is 6.10. The summed E-state index contributed by atoms with van der Waals surface area (Å²) in [5, 5.41) is 10.4. The lowest BCUT2D eigenvalue weighted by Gasteiger charge is -2.29. The third kappa shape index (κ3) is 2.72. The molecule has 1 atom stereocenters. The summed E-state index contributed by atoms with van der Waals surface area (Å²) in [6.07, 6.45) is 2.73. The second-order valence-corrected chi connectivity index (χ2v) is 6.53. The van der Waals surface area contributed by atoms with Crippen LogP contribution in [0.3, 0.4) is 0 Å². The van der Waals surface area contributed by atoms with Crippen molar-refractivity contribution in [2.24, 2.45) is 4.99 Å². The van der Waals surface area contributed by atoms with E-state index in [0.717, 1.165) is 28.2 Å². The standard InChI is InChI=1S/C19H16ClFN2O/c20-15-3-6-18-14(8-15)10-23-17(11-24)9-13(19(23)22-18)7-12-1-4-16(21)5-2-12/h1-8,17,24H,9-11H2/b13-7-/t17-/m1/s1. The van der Waals surface area contributed by atoms with Crippen molar-refractivity contribution in [2.45, 2.75) is 19.0 Å². The van der Waals surface area contributed by atoms with Gasteiger partial charge in [0.1, 0.15) is 11.7 Å². The molecule has 0 aliphatic carbocycles. The lowest BCUT2D eigenvalue weighted by molar-refractivity contribution is 0.188. The first kappa shape index (κ1) is 15.4. The van der Waals surface area contributed by atoms with Crippen molar-refractivity contribution in [3.8, 4) is 0 Å². The van der Waals surface area contributed by atoms with E-state index in [1.807, 2.05) is 24.3 Å². The normalized spacial score (nSPS) is 20.8. The van der Waals surface area contributed by atoms with Gasteiger partial charge in [-0.05, 0) is 59.5 Å². The van der Waals surface area contributed by atoms with Gasteiger partial charge in [0.05, 0.1) is 18.3 Å². The van der Waals surface area contributed by atoms with E-state index in [1.165, 1.54) is 12.1 Å². The number of aliphatic hydroxyl groups excluding tert-OH is 1. The molecule has 5 heteroatoms. The van der Waals surface area contributed by atoms with Gasteiger partial charge in [0, 0.05) is 11.6 Å². The van der Waals surface area contributed by atoms with Crippen molar-refractivity contribution in [3.63, 3.8) is 0 Å². The van der Waals surface area contributed by atoms with Crippen LogP contribution < -0.4 is 0 Å². The summed E-state index contributed by atoms with van der Waals surface area (Å²) in [4.78, 5) is 6.89. The van der Waals surface area contributed by atoms with Crippen LogP contribution in [-0.4, -0.2) is 28.5 Å². The molecule has 0 spiro atoms. The summed E-state index contributed by atoms with van der Waals surface area (Å²) in [6.45, 7) is 0.746. The Bertz CT molecular complexity index is 845. The molecule has 1 N–H and O–H groups in total. The van der Waals surface area contributed by atoms with Gasteiger partial charge in [0.25, 0.3) is 0 Å². The van der Waals surface area contributed by atoms with Gasteiger partial charge in [-0.25, -0.2) is 9.38 Å². The summed E-state index contributed by atoms with van der Waals surface area (Å²) >= 11 is 6.08. The molecule has 0 amide bonds. The zero-order chi connectivity index (χ0) is 16.7. The quantitative estimate of drug-likeness (QED) is 0.889. The lowest BCUT2D eigenvalue weighted by atomic mass is 10.1. The molecule has 2 aromatic carbocycles. The van der Waals surface area contributed by atoms with Crippen LogP contribution >= 0.6 is 11.6 Å². The van der Waals surface area contributed by atoms with E-state index in [2.05, 4.69) is 4.90 Å². The Hall–Kier alpha value is -2.17. The van der Waals surface area contributed by atoms with Crippen LogP contribution in [0.1, 0.15) is 17.5 Å². The molecule has 122 valence electrons. The Morgan fingerprint density at radius 1 is 1.25 bits per heavy atom. The van der Waals surface area contributed by atoms with E-state index in [4.69, 9.17) is 16.6 Å². The van der Waals surface area contributed by atoms with Crippen molar-refractivity contribution >= 4 is 29.2 Å². The first-order valence-electron chi connectivity index (χ1n) is 7.85. The zero-order valence-electron chi connectivity index (χ0n) is 12.9. The van der Waals surface area contributed by atoms with Gasteiger partial charge in [-0.2, -0.15) is 0 Å². The average molecular weight is 343 g/mol. The summed E-state index contributed by atoms with van der Waals surface area (Å²) in [5.74, 6) is 0.632. The summed E-state index contributed by atoms with van der Waals surface area (Å²) in [5.41, 5.74) is 3.96. The lowest BCUT2D eigenvalue weighted by Crippen LogP contribution is -2.36. The number of hydrogen-bond donors (Lipinski definition) is 1. The zero-order valence-corrected chi connectivity index (χ0v) is 13.7. The van der Waals surface area contributed by atoms with E-state index in [-0.39, 0.29) is 18.5 Å². The van der Waals surface area contributed by atoms with E-state index >= 15 is 0 Å². The molecule has 1 fully saturated rings. The number of amidine groups is 1. The molecule has 0 radical (unpaired) electrons. The molecule has 24 heavy (non-hydrogen) atoms. The van der Waals surface area contributed by atoms with E-state index < -0.39 is 0 Å². The summed E-state index contributed by atoms with van der Waals surface area (Å²) < 4.78 is 13.1. The topological polar surface area (TPSA) is 35.8 Å². The third-order valence-electron chi connectivity index (χ3n) is 4.49. The minimum atomic E-state index is -0.251. The Balaban J connectivity index is 1.76. The fourth-order valence-corrected chi connectivity index (χ4v) is 3.48. The molecule has 0 unspecified atom stereocenters. The Morgan fingerprint density at radius 3 is 2.79 bits per heavy atom. The minimum Gasteiger partial charge on any atom is -0.394 e. The maximum atomic E-state index is 13.1. The maximum absolute atomic E-state index is 13.1. The molecular weight excluding hydrogens is 327 g/mol. The molecule has 3 nitrogen and oxygen atoms in total. The van der Waals surface area contributed by atoms with Crippen LogP contribution in [0.4, 0.5) is 10.1 Å². The minimum absolute atomic E-state index is 0.00239. The van der Waals surface area contributed by atoms with Gasteiger partial charge in [-0.3, -0.25) is 0 Å². The van der Waals surface area contributed by atoms with Crippen LogP contribution in [0.5, 0.6) is 0 Å². The number of halogens is 2. The number of nitrogens with zero attached hydrogens (tertiary/aromatic N) is 2. The number of rotatable bonds is 2. The van der Waals surface area contributed by atoms with Crippen LogP contribution in [-0.2, 0) is 6.54 Å². The van der Waals surface area contributed by atoms with Gasteiger partial charge >= 0.3 is 0 Å². The van der Waals surface area contributed by atoms with E-state index in [9.17, 15) is 9.50 Å². The highest BCUT2D eigenvalue weighted by Crippen LogP contribution is 2.37. The summed E-state index contributed by atoms with van der Waals surface area (Å²) in [6, 6.07) is 12.1. The van der Waals surface area contributed by atoms with Gasteiger partial charge < -0.3 is 10.0 Å². The largest absolute Gasteiger partial charge is 0.394 e. The predicted octanol–water partition coefficient (Wildman–Crippen LogP) is 4.17. The van der Waals surface area contributed by atoms with Crippen molar-refractivity contribution in [3.05, 3.63) is 70.0 Å². The van der Waals surface area contributed by atoms with Gasteiger partial charge in [-0.1, -0.05) is 23.7 Å². The number of hydrogen-bond acceptors (Lipinski definition) is 3. The fraction of sp³-hybridized carbons (Fsp3) is 0.211. The molecule has 0 saturated carbocycles. The molecule has 1 saturated heterocycles. The molecule has 2 heterocycles.